The lowest BCUT2D eigenvalue weighted by Gasteiger charge is -2.24. The standard InChI is InChI=1S/C14H19N3O3/c1-9-7-11(10(2)17-16-9)12(18)15-8-14(13(19)20)5-3-4-6-14/h7H,3-6,8H2,1-2H3,(H,15,18)(H,19,20). The van der Waals surface area contributed by atoms with Crippen LogP contribution in [0.5, 0.6) is 0 Å². The predicted octanol–water partition coefficient (Wildman–Crippen LogP) is 1.47. The highest BCUT2D eigenvalue weighted by molar-refractivity contribution is 5.95. The SMILES string of the molecule is Cc1cc(C(=O)NCC2(C(=O)O)CCCC2)c(C)nn1. The molecule has 0 radical (unpaired) electrons. The van der Waals surface area contributed by atoms with E-state index in [-0.39, 0.29) is 12.5 Å². The highest BCUT2D eigenvalue weighted by atomic mass is 16.4. The van der Waals surface area contributed by atoms with Crippen LogP contribution >= 0.6 is 0 Å². The zero-order chi connectivity index (χ0) is 14.8. The van der Waals surface area contributed by atoms with Crippen molar-refractivity contribution in [2.45, 2.75) is 39.5 Å². The number of amides is 1. The van der Waals surface area contributed by atoms with Crippen LogP contribution < -0.4 is 5.32 Å². The molecule has 1 aromatic heterocycles. The average Bonchev–Trinajstić information content (AvgIpc) is 2.89. The van der Waals surface area contributed by atoms with Gasteiger partial charge >= 0.3 is 5.97 Å². The van der Waals surface area contributed by atoms with Gasteiger partial charge in [0.25, 0.3) is 5.91 Å². The van der Waals surface area contributed by atoms with E-state index in [0.717, 1.165) is 12.8 Å². The van der Waals surface area contributed by atoms with Crippen molar-refractivity contribution >= 4 is 11.9 Å². The molecule has 2 rings (SSSR count). The Hall–Kier alpha value is -1.98. The highest BCUT2D eigenvalue weighted by Gasteiger charge is 2.41. The smallest absolute Gasteiger partial charge is 0.311 e. The van der Waals surface area contributed by atoms with Crippen LogP contribution in [-0.4, -0.2) is 33.7 Å². The third kappa shape index (κ3) is 2.79. The Morgan fingerprint density at radius 3 is 2.55 bits per heavy atom. The summed E-state index contributed by atoms with van der Waals surface area (Å²) in [4.78, 5) is 23.6. The van der Waals surface area contributed by atoms with E-state index < -0.39 is 11.4 Å². The second-order valence-corrected chi connectivity index (χ2v) is 5.46. The van der Waals surface area contributed by atoms with Crippen LogP contribution in [0.2, 0.25) is 0 Å². The molecule has 0 aliphatic heterocycles. The number of aliphatic carboxylic acids is 1. The summed E-state index contributed by atoms with van der Waals surface area (Å²) in [6, 6.07) is 1.67. The van der Waals surface area contributed by atoms with Gasteiger partial charge in [-0.25, -0.2) is 0 Å². The van der Waals surface area contributed by atoms with E-state index in [2.05, 4.69) is 15.5 Å². The topological polar surface area (TPSA) is 92.2 Å². The van der Waals surface area contributed by atoms with Gasteiger partial charge in [0.05, 0.1) is 22.4 Å². The van der Waals surface area contributed by atoms with Crippen LogP contribution in [-0.2, 0) is 4.79 Å². The normalized spacial score (nSPS) is 16.9. The number of nitrogens with zero attached hydrogens (tertiary/aromatic N) is 2. The Balaban J connectivity index is 2.08. The molecule has 1 fully saturated rings. The van der Waals surface area contributed by atoms with Gasteiger partial charge < -0.3 is 10.4 Å². The van der Waals surface area contributed by atoms with Crippen molar-refractivity contribution in [2.75, 3.05) is 6.54 Å². The summed E-state index contributed by atoms with van der Waals surface area (Å²) in [5, 5.41) is 19.9. The quantitative estimate of drug-likeness (QED) is 0.869. The van der Waals surface area contributed by atoms with Gasteiger partial charge in [0.2, 0.25) is 0 Å². The molecule has 20 heavy (non-hydrogen) atoms. The summed E-state index contributed by atoms with van der Waals surface area (Å²) in [7, 11) is 0. The van der Waals surface area contributed by atoms with E-state index in [4.69, 9.17) is 0 Å². The Labute approximate surface area is 117 Å². The number of carboxylic acids is 1. The average molecular weight is 277 g/mol. The third-order valence-electron chi connectivity index (χ3n) is 3.95. The first-order valence-electron chi connectivity index (χ1n) is 6.77. The fraction of sp³-hybridized carbons (Fsp3) is 0.571. The molecule has 2 N–H and O–H groups in total. The van der Waals surface area contributed by atoms with Crippen molar-refractivity contribution in [3.8, 4) is 0 Å². The van der Waals surface area contributed by atoms with Crippen LogP contribution in [0.3, 0.4) is 0 Å². The number of hydrogen-bond donors (Lipinski definition) is 2. The molecule has 1 aromatic rings. The fourth-order valence-electron chi connectivity index (χ4n) is 2.64. The van der Waals surface area contributed by atoms with Crippen molar-refractivity contribution < 1.29 is 14.7 Å². The zero-order valence-corrected chi connectivity index (χ0v) is 11.8. The molecule has 1 heterocycles. The Morgan fingerprint density at radius 1 is 1.30 bits per heavy atom. The number of hydrogen-bond acceptors (Lipinski definition) is 4. The first kappa shape index (κ1) is 14.4. The number of carbonyl (C=O) groups excluding carboxylic acids is 1. The van der Waals surface area contributed by atoms with E-state index in [1.54, 1.807) is 19.9 Å². The Morgan fingerprint density at radius 2 is 1.95 bits per heavy atom. The van der Waals surface area contributed by atoms with Crippen molar-refractivity contribution in [3.05, 3.63) is 23.0 Å². The lowest BCUT2D eigenvalue weighted by atomic mass is 9.86. The maximum Gasteiger partial charge on any atom is 0.311 e. The molecule has 1 amide bonds. The van der Waals surface area contributed by atoms with Gasteiger partial charge in [0.15, 0.2) is 0 Å². The van der Waals surface area contributed by atoms with Crippen molar-refractivity contribution in [2.24, 2.45) is 5.41 Å². The van der Waals surface area contributed by atoms with Crippen LogP contribution in [0.25, 0.3) is 0 Å². The molecule has 0 saturated heterocycles. The first-order valence-corrected chi connectivity index (χ1v) is 6.77. The second-order valence-electron chi connectivity index (χ2n) is 5.46. The molecule has 0 atom stereocenters. The minimum atomic E-state index is -0.823. The molecule has 1 saturated carbocycles. The number of rotatable bonds is 4. The maximum absolute atomic E-state index is 12.2. The minimum Gasteiger partial charge on any atom is -0.481 e. The van der Waals surface area contributed by atoms with Gasteiger partial charge in [0, 0.05) is 6.54 Å². The Bertz CT molecular complexity index is 536. The minimum absolute atomic E-state index is 0.169. The van der Waals surface area contributed by atoms with Gasteiger partial charge in [-0.3, -0.25) is 9.59 Å². The molecular formula is C14H19N3O3. The Kier molecular flexibility index (Phi) is 4.01. The third-order valence-corrected chi connectivity index (χ3v) is 3.95. The van der Waals surface area contributed by atoms with Crippen LogP contribution in [0, 0.1) is 19.3 Å². The predicted molar refractivity (Wildman–Crippen MR) is 72.4 cm³/mol. The number of carboxylic acid groups (broad SMARTS) is 1. The summed E-state index contributed by atoms with van der Waals surface area (Å²) in [5.41, 5.74) is 0.855. The largest absolute Gasteiger partial charge is 0.481 e. The summed E-state index contributed by atoms with van der Waals surface area (Å²) < 4.78 is 0. The van der Waals surface area contributed by atoms with Crippen molar-refractivity contribution in [1.82, 2.24) is 15.5 Å². The van der Waals surface area contributed by atoms with Gasteiger partial charge in [0.1, 0.15) is 0 Å². The monoisotopic (exact) mass is 277 g/mol. The molecule has 0 bridgehead atoms. The number of nitrogens with one attached hydrogen (secondary N) is 1. The maximum atomic E-state index is 12.2. The van der Waals surface area contributed by atoms with E-state index >= 15 is 0 Å². The van der Waals surface area contributed by atoms with Gasteiger partial charge in [-0.15, -0.1) is 0 Å². The molecule has 1 aliphatic carbocycles. The molecule has 0 spiro atoms. The molecule has 6 nitrogen and oxygen atoms in total. The van der Waals surface area contributed by atoms with Crippen LogP contribution in [0.1, 0.15) is 47.4 Å². The van der Waals surface area contributed by atoms with E-state index in [1.807, 2.05) is 0 Å². The molecule has 1 aliphatic rings. The fourth-order valence-corrected chi connectivity index (χ4v) is 2.64. The summed E-state index contributed by atoms with van der Waals surface area (Å²) in [6.07, 6.45) is 3.04. The van der Waals surface area contributed by atoms with Gasteiger partial charge in [-0.1, -0.05) is 12.8 Å². The number of aryl methyl sites for hydroxylation is 2. The summed E-state index contributed by atoms with van der Waals surface area (Å²) >= 11 is 0. The lowest BCUT2D eigenvalue weighted by molar-refractivity contribution is -0.148. The van der Waals surface area contributed by atoms with Crippen LogP contribution in [0.15, 0.2) is 6.07 Å². The number of aromatic nitrogens is 2. The van der Waals surface area contributed by atoms with Crippen LogP contribution in [0.4, 0.5) is 0 Å². The zero-order valence-electron chi connectivity index (χ0n) is 11.8. The van der Waals surface area contributed by atoms with E-state index in [9.17, 15) is 14.7 Å². The van der Waals surface area contributed by atoms with Crippen molar-refractivity contribution in [3.63, 3.8) is 0 Å². The summed E-state index contributed by atoms with van der Waals surface area (Å²) in [5.74, 6) is -1.11. The molecule has 108 valence electrons. The van der Waals surface area contributed by atoms with Gasteiger partial charge in [-0.05, 0) is 32.8 Å². The first-order chi connectivity index (χ1) is 9.44. The van der Waals surface area contributed by atoms with E-state index in [0.29, 0.717) is 29.8 Å². The lowest BCUT2D eigenvalue weighted by Crippen LogP contribution is -2.41. The molecule has 6 heteroatoms. The summed E-state index contributed by atoms with van der Waals surface area (Å²) in [6.45, 7) is 3.64. The van der Waals surface area contributed by atoms with Crippen molar-refractivity contribution in [1.29, 1.82) is 0 Å². The molecular weight excluding hydrogens is 258 g/mol. The second kappa shape index (κ2) is 5.56. The number of carbonyl (C=O) groups is 2. The molecule has 0 unspecified atom stereocenters. The van der Waals surface area contributed by atoms with Gasteiger partial charge in [-0.2, -0.15) is 10.2 Å². The van der Waals surface area contributed by atoms with E-state index in [1.165, 1.54) is 0 Å². The highest BCUT2D eigenvalue weighted by Crippen LogP contribution is 2.37. The molecule has 0 aromatic carbocycles.